The van der Waals surface area contributed by atoms with Gasteiger partial charge in [-0.05, 0) is 42.7 Å². The number of benzene rings is 1. The summed E-state index contributed by atoms with van der Waals surface area (Å²) in [5, 5.41) is 8.33. The number of rotatable bonds is 5. The molecule has 1 fully saturated rings. The second-order valence-electron chi connectivity index (χ2n) is 6.80. The average Bonchev–Trinajstić information content (AvgIpc) is 3.36. The zero-order valence-corrected chi connectivity index (χ0v) is 15.7. The molecule has 1 N–H and O–H groups in total. The molecule has 2 heterocycles. The molecule has 6 nitrogen and oxygen atoms in total. The van der Waals surface area contributed by atoms with Crippen LogP contribution in [0.1, 0.15) is 42.5 Å². The Morgan fingerprint density at radius 2 is 2.07 bits per heavy atom. The number of hydrogen-bond donors (Lipinski definition) is 1. The Kier molecular flexibility index (Phi) is 5.25. The van der Waals surface area contributed by atoms with E-state index in [0.717, 1.165) is 31.2 Å². The molecular weight excluding hydrogens is 364 g/mol. The van der Waals surface area contributed by atoms with Crippen molar-refractivity contribution in [2.45, 2.75) is 38.6 Å². The second-order valence-corrected chi connectivity index (χ2v) is 7.24. The van der Waals surface area contributed by atoms with Crippen LogP contribution < -0.4 is 5.32 Å². The normalized spacial score (nSPS) is 15.0. The van der Waals surface area contributed by atoms with E-state index in [2.05, 4.69) is 15.4 Å². The molecule has 0 aliphatic heterocycles. The van der Waals surface area contributed by atoms with Gasteiger partial charge in [0.05, 0.1) is 6.26 Å². The first-order valence-corrected chi connectivity index (χ1v) is 9.62. The van der Waals surface area contributed by atoms with Crippen molar-refractivity contribution in [1.82, 2.24) is 14.8 Å². The molecule has 0 atom stereocenters. The lowest BCUT2D eigenvalue weighted by Crippen LogP contribution is -2.26. The summed E-state index contributed by atoms with van der Waals surface area (Å²) in [6.07, 6.45) is 6.74. The molecular formula is C20H21ClN4O2. The maximum Gasteiger partial charge on any atom is 0.253 e. The number of anilines is 1. The Labute approximate surface area is 162 Å². The van der Waals surface area contributed by atoms with Crippen LogP contribution in [0.2, 0.25) is 5.02 Å². The molecule has 7 heteroatoms. The number of hydrogen-bond acceptors (Lipinski definition) is 5. The summed E-state index contributed by atoms with van der Waals surface area (Å²) in [7, 11) is 0. The first-order valence-electron chi connectivity index (χ1n) is 9.24. The largest absolute Gasteiger partial charge is 0.461 e. The third kappa shape index (κ3) is 4.06. The van der Waals surface area contributed by atoms with Crippen molar-refractivity contribution < 1.29 is 9.21 Å². The van der Waals surface area contributed by atoms with Crippen molar-refractivity contribution in [2.24, 2.45) is 5.92 Å². The summed E-state index contributed by atoms with van der Waals surface area (Å²) in [4.78, 5) is 17.5. The van der Waals surface area contributed by atoms with E-state index in [4.69, 9.17) is 16.0 Å². The van der Waals surface area contributed by atoms with Gasteiger partial charge in [0.2, 0.25) is 11.8 Å². The fraction of sp³-hybridized carbons (Fsp3) is 0.350. The summed E-state index contributed by atoms with van der Waals surface area (Å²) >= 11 is 6.05. The van der Waals surface area contributed by atoms with E-state index in [-0.39, 0.29) is 11.8 Å². The minimum absolute atomic E-state index is 0.00313. The lowest BCUT2D eigenvalue weighted by atomic mass is 9.89. The lowest BCUT2D eigenvalue weighted by molar-refractivity contribution is 0.0787. The number of furan rings is 1. The van der Waals surface area contributed by atoms with Gasteiger partial charge in [0, 0.05) is 17.5 Å². The van der Waals surface area contributed by atoms with Gasteiger partial charge in [-0.3, -0.25) is 4.79 Å². The number of aromatic nitrogens is 3. The molecule has 4 rings (SSSR count). The van der Waals surface area contributed by atoms with Crippen molar-refractivity contribution in [1.29, 1.82) is 0 Å². The van der Waals surface area contributed by atoms with Crippen molar-refractivity contribution in [2.75, 3.05) is 5.32 Å². The standard InChI is InChI=1S/C20H21ClN4O2/c21-16-9-4-6-14(12-16)13-22-20-23-18(17-10-5-11-27-17)24-25(20)19(26)15-7-2-1-3-8-15/h4-6,9-12,15H,1-3,7-8,13H2,(H,22,23,24). The first-order chi connectivity index (χ1) is 13.2. The quantitative estimate of drug-likeness (QED) is 0.668. The third-order valence-electron chi connectivity index (χ3n) is 4.85. The minimum atomic E-state index is -0.00593. The second kappa shape index (κ2) is 7.96. The predicted molar refractivity (Wildman–Crippen MR) is 104 cm³/mol. The van der Waals surface area contributed by atoms with E-state index in [1.165, 1.54) is 11.1 Å². The van der Waals surface area contributed by atoms with Gasteiger partial charge in [-0.25, -0.2) is 0 Å². The molecule has 2 aromatic heterocycles. The van der Waals surface area contributed by atoms with Crippen LogP contribution in [-0.2, 0) is 6.54 Å². The average molecular weight is 385 g/mol. The summed E-state index contributed by atoms with van der Waals surface area (Å²) < 4.78 is 6.80. The molecule has 1 aromatic carbocycles. The van der Waals surface area contributed by atoms with E-state index in [1.54, 1.807) is 18.4 Å². The Bertz CT molecular complexity index is 914. The van der Waals surface area contributed by atoms with Crippen LogP contribution in [0.3, 0.4) is 0 Å². The van der Waals surface area contributed by atoms with E-state index >= 15 is 0 Å². The van der Waals surface area contributed by atoms with E-state index in [0.29, 0.717) is 29.1 Å². The molecule has 0 radical (unpaired) electrons. The number of halogens is 1. The summed E-state index contributed by atoms with van der Waals surface area (Å²) in [5.74, 6) is 1.36. The zero-order chi connectivity index (χ0) is 18.6. The van der Waals surface area contributed by atoms with Gasteiger partial charge in [0.1, 0.15) is 0 Å². The van der Waals surface area contributed by atoms with Crippen molar-refractivity contribution in [3.8, 4) is 11.6 Å². The van der Waals surface area contributed by atoms with Gasteiger partial charge in [-0.1, -0.05) is 43.0 Å². The van der Waals surface area contributed by atoms with Gasteiger partial charge in [0.25, 0.3) is 5.91 Å². The summed E-state index contributed by atoms with van der Waals surface area (Å²) in [5.41, 5.74) is 1.00. The van der Waals surface area contributed by atoms with Crippen LogP contribution in [0.15, 0.2) is 47.1 Å². The minimum Gasteiger partial charge on any atom is -0.461 e. The molecule has 3 aromatic rings. The number of carbonyl (C=O) groups is 1. The topological polar surface area (TPSA) is 73.0 Å². The van der Waals surface area contributed by atoms with E-state index in [9.17, 15) is 4.79 Å². The monoisotopic (exact) mass is 384 g/mol. The van der Waals surface area contributed by atoms with E-state index in [1.807, 2.05) is 24.3 Å². The lowest BCUT2D eigenvalue weighted by Gasteiger charge is -2.20. The summed E-state index contributed by atoms with van der Waals surface area (Å²) in [6.45, 7) is 0.495. The Morgan fingerprint density at radius 1 is 1.22 bits per heavy atom. The van der Waals surface area contributed by atoms with Gasteiger partial charge in [-0.2, -0.15) is 9.67 Å². The van der Waals surface area contributed by atoms with Crippen LogP contribution in [0.25, 0.3) is 11.6 Å². The Hall–Kier alpha value is -2.60. The molecule has 0 spiro atoms. The van der Waals surface area contributed by atoms with E-state index < -0.39 is 0 Å². The third-order valence-corrected chi connectivity index (χ3v) is 5.09. The molecule has 140 valence electrons. The Balaban J connectivity index is 1.60. The van der Waals surface area contributed by atoms with Crippen LogP contribution in [0.5, 0.6) is 0 Å². The maximum atomic E-state index is 13.0. The van der Waals surface area contributed by atoms with Crippen molar-refractivity contribution >= 4 is 23.5 Å². The van der Waals surface area contributed by atoms with Crippen LogP contribution in [0.4, 0.5) is 5.95 Å². The Morgan fingerprint density at radius 3 is 2.81 bits per heavy atom. The first kappa shape index (κ1) is 17.8. The van der Waals surface area contributed by atoms with Gasteiger partial charge >= 0.3 is 0 Å². The van der Waals surface area contributed by atoms with Crippen LogP contribution in [-0.4, -0.2) is 20.7 Å². The van der Waals surface area contributed by atoms with Gasteiger partial charge in [-0.15, -0.1) is 5.10 Å². The fourth-order valence-corrected chi connectivity index (χ4v) is 3.65. The fourth-order valence-electron chi connectivity index (χ4n) is 3.44. The van der Waals surface area contributed by atoms with Crippen LogP contribution in [0, 0.1) is 5.92 Å². The highest BCUT2D eigenvalue weighted by molar-refractivity contribution is 6.30. The van der Waals surface area contributed by atoms with Gasteiger partial charge in [0.15, 0.2) is 5.76 Å². The highest BCUT2D eigenvalue weighted by Gasteiger charge is 2.27. The zero-order valence-electron chi connectivity index (χ0n) is 14.9. The van der Waals surface area contributed by atoms with Gasteiger partial charge < -0.3 is 9.73 Å². The number of carbonyl (C=O) groups excluding carboxylic acids is 1. The summed E-state index contributed by atoms with van der Waals surface area (Å²) in [6, 6.07) is 11.1. The van der Waals surface area contributed by atoms with Crippen molar-refractivity contribution in [3.05, 3.63) is 53.2 Å². The predicted octanol–water partition coefficient (Wildman–Crippen LogP) is 5.02. The van der Waals surface area contributed by atoms with Crippen molar-refractivity contribution in [3.63, 3.8) is 0 Å². The molecule has 0 bridgehead atoms. The molecule has 27 heavy (non-hydrogen) atoms. The van der Waals surface area contributed by atoms with Crippen LogP contribution >= 0.6 is 11.6 Å². The SMILES string of the molecule is O=C(C1CCCCC1)n1nc(-c2ccco2)nc1NCc1cccc(Cl)c1. The highest BCUT2D eigenvalue weighted by Crippen LogP contribution is 2.27. The maximum absolute atomic E-state index is 13.0. The molecule has 1 aliphatic carbocycles. The molecule has 0 saturated heterocycles. The molecule has 0 amide bonds. The molecule has 1 saturated carbocycles. The number of nitrogens with one attached hydrogen (secondary N) is 1. The smallest absolute Gasteiger partial charge is 0.253 e. The molecule has 0 unspecified atom stereocenters. The highest BCUT2D eigenvalue weighted by atomic mass is 35.5. The number of nitrogens with zero attached hydrogens (tertiary/aromatic N) is 3. The molecule has 1 aliphatic rings.